The van der Waals surface area contributed by atoms with Crippen molar-refractivity contribution in [1.82, 2.24) is 4.90 Å². The predicted octanol–water partition coefficient (Wildman–Crippen LogP) is 9.81. The molecule has 200 valence electrons. The summed E-state index contributed by atoms with van der Waals surface area (Å²) in [6.45, 7) is 22.7. The zero-order valence-corrected chi connectivity index (χ0v) is 24.6. The van der Waals surface area contributed by atoms with E-state index < -0.39 is 0 Å². The molecule has 0 aromatic heterocycles. The molecule has 0 radical (unpaired) electrons. The molecule has 1 heteroatoms. The first-order valence-electron chi connectivity index (χ1n) is 14.7. The lowest BCUT2D eigenvalue weighted by atomic mass is 9.75. The highest BCUT2D eigenvalue weighted by atomic mass is 15.2. The highest BCUT2D eigenvalue weighted by Crippen LogP contribution is 2.44. The number of hydrogen-bond donors (Lipinski definition) is 0. The van der Waals surface area contributed by atoms with Gasteiger partial charge < -0.3 is 4.90 Å². The van der Waals surface area contributed by atoms with Gasteiger partial charge in [0.1, 0.15) is 0 Å². The van der Waals surface area contributed by atoms with Crippen LogP contribution in [0.2, 0.25) is 0 Å². The Morgan fingerprint density at radius 1 is 1.05 bits per heavy atom. The summed E-state index contributed by atoms with van der Waals surface area (Å²) >= 11 is 0. The highest BCUT2D eigenvalue weighted by Gasteiger charge is 2.36. The molecule has 1 aliphatic carbocycles. The minimum absolute atomic E-state index is 0.0995. The molecule has 1 saturated heterocycles. The molecule has 1 saturated carbocycles. The molecule has 2 fully saturated rings. The fraction of sp³-hybridized carbons (Fsp3) is 0.459. The number of aryl methyl sites for hydroxylation is 1. The first-order valence-corrected chi connectivity index (χ1v) is 14.7. The predicted molar refractivity (Wildman–Crippen MR) is 166 cm³/mol. The van der Waals surface area contributed by atoms with Crippen molar-refractivity contribution >= 4 is 11.3 Å². The van der Waals surface area contributed by atoms with Crippen molar-refractivity contribution in [2.24, 2.45) is 0 Å². The van der Waals surface area contributed by atoms with Crippen molar-refractivity contribution in [2.75, 3.05) is 13.1 Å². The van der Waals surface area contributed by atoms with E-state index in [1.807, 2.05) is 0 Å². The van der Waals surface area contributed by atoms with Crippen LogP contribution in [0.5, 0.6) is 0 Å². The number of hydrogen-bond acceptors (Lipinski definition) is 1. The molecule has 1 heterocycles. The Morgan fingerprint density at radius 2 is 1.76 bits per heavy atom. The van der Waals surface area contributed by atoms with Gasteiger partial charge in [-0.05, 0) is 111 Å². The zero-order chi connectivity index (χ0) is 27.4. The molecule has 0 amide bonds. The smallest absolute Gasteiger partial charge is 0.0370 e. The van der Waals surface area contributed by atoms with Crippen LogP contribution in [0, 0.1) is 19.3 Å². The Morgan fingerprint density at radius 3 is 2.34 bits per heavy atom. The van der Waals surface area contributed by atoms with E-state index >= 15 is 0 Å². The monoisotopic (exact) mass is 505 g/mol. The van der Waals surface area contributed by atoms with Crippen LogP contribution in [0.15, 0.2) is 60.7 Å². The van der Waals surface area contributed by atoms with E-state index in [2.05, 4.69) is 95.0 Å². The molecule has 0 N–H and O–H groups in total. The maximum atomic E-state index is 5.58. The lowest BCUT2D eigenvalue weighted by Crippen LogP contribution is -2.27. The first kappa shape index (κ1) is 28.0. The molecule has 4 rings (SSSR count). The Balaban J connectivity index is 1.58. The highest BCUT2D eigenvalue weighted by molar-refractivity contribution is 5.75. The molecule has 1 nitrogen and oxygen atoms in total. The van der Waals surface area contributed by atoms with E-state index in [0.717, 1.165) is 43.6 Å². The maximum absolute atomic E-state index is 5.58. The fourth-order valence-corrected chi connectivity index (χ4v) is 6.33. The Bertz CT molecular complexity index is 1260. The van der Waals surface area contributed by atoms with Crippen LogP contribution in [-0.4, -0.2) is 18.0 Å². The molecule has 1 aliphatic heterocycles. The number of benzene rings is 2. The number of likely N-dealkylation sites (tertiary alicyclic amines) is 1. The molecular weight excluding hydrogens is 458 g/mol. The molecule has 1 atom stereocenters. The van der Waals surface area contributed by atoms with Crippen LogP contribution < -0.4 is 0 Å². The van der Waals surface area contributed by atoms with Crippen LogP contribution in [0.4, 0.5) is 0 Å². The van der Waals surface area contributed by atoms with E-state index in [4.69, 9.17) is 6.42 Å². The third kappa shape index (κ3) is 5.86. The Labute approximate surface area is 232 Å². The minimum atomic E-state index is 0.0995. The standard InChI is InChI=1S/C37H47N/c1-9-12-31(26(3)4)18-15-27(5)35-24-34(28(6)23-36(35)32-13-11-14-32)29(7)38-22-21-37(8,25-38)33-19-16-30(10-2)17-20-33/h2,16-17,19-20,23-24,32H,5,7,9,11-15,18,21-22,25H2,1,3-4,6,8H3. The lowest BCUT2D eigenvalue weighted by Gasteiger charge is -2.31. The summed E-state index contributed by atoms with van der Waals surface area (Å²) in [5.74, 6) is 3.42. The zero-order valence-electron chi connectivity index (χ0n) is 24.6. The van der Waals surface area contributed by atoms with Crippen LogP contribution in [0.3, 0.4) is 0 Å². The van der Waals surface area contributed by atoms with Gasteiger partial charge >= 0.3 is 0 Å². The molecular formula is C37H47N. The summed E-state index contributed by atoms with van der Waals surface area (Å²) in [7, 11) is 0. The van der Waals surface area contributed by atoms with Gasteiger partial charge in [-0.1, -0.05) is 75.1 Å². The van der Waals surface area contributed by atoms with Crippen LogP contribution in [-0.2, 0) is 5.41 Å². The molecule has 0 spiro atoms. The quantitative estimate of drug-likeness (QED) is 0.229. The van der Waals surface area contributed by atoms with Crippen molar-refractivity contribution in [3.05, 3.63) is 94.1 Å². The van der Waals surface area contributed by atoms with Crippen molar-refractivity contribution < 1.29 is 0 Å². The van der Waals surface area contributed by atoms with Crippen LogP contribution in [0.1, 0.15) is 118 Å². The van der Waals surface area contributed by atoms with Crippen LogP contribution in [0.25, 0.3) is 11.3 Å². The van der Waals surface area contributed by atoms with Crippen molar-refractivity contribution in [2.45, 2.75) is 97.3 Å². The average molecular weight is 506 g/mol. The van der Waals surface area contributed by atoms with E-state index in [9.17, 15) is 0 Å². The number of terminal acetylenes is 1. The molecule has 2 aliphatic rings. The molecule has 2 aromatic carbocycles. The SMILES string of the molecule is C#Cc1ccc(C2(C)CCN(C(=C)c3cc(C(=C)CCC(CCC)=C(C)C)c(C4CCC4)cc3C)C2)cc1. The average Bonchev–Trinajstić information content (AvgIpc) is 3.28. The van der Waals surface area contributed by atoms with E-state index in [1.54, 1.807) is 5.57 Å². The molecule has 38 heavy (non-hydrogen) atoms. The summed E-state index contributed by atoms with van der Waals surface area (Å²) in [6.07, 6.45) is 15.2. The van der Waals surface area contributed by atoms with Gasteiger partial charge in [0, 0.05) is 35.3 Å². The Hall–Kier alpha value is -2.98. The fourth-order valence-electron chi connectivity index (χ4n) is 6.33. The summed E-state index contributed by atoms with van der Waals surface area (Å²) in [6, 6.07) is 13.5. The maximum Gasteiger partial charge on any atom is 0.0370 e. The van der Waals surface area contributed by atoms with E-state index in [0.29, 0.717) is 5.92 Å². The van der Waals surface area contributed by atoms with Gasteiger partial charge in [0.25, 0.3) is 0 Å². The second kappa shape index (κ2) is 11.8. The summed E-state index contributed by atoms with van der Waals surface area (Å²) in [5, 5.41) is 0. The molecule has 1 unspecified atom stereocenters. The van der Waals surface area contributed by atoms with Gasteiger partial charge in [-0.2, -0.15) is 0 Å². The summed E-state index contributed by atoms with van der Waals surface area (Å²) in [5.41, 5.74) is 13.4. The first-order chi connectivity index (χ1) is 18.2. The van der Waals surface area contributed by atoms with Gasteiger partial charge in [0.05, 0.1) is 0 Å². The van der Waals surface area contributed by atoms with Gasteiger partial charge in [-0.15, -0.1) is 6.42 Å². The van der Waals surface area contributed by atoms with E-state index in [1.165, 1.54) is 71.1 Å². The minimum Gasteiger partial charge on any atom is -0.371 e. The third-order valence-corrected chi connectivity index (χ3v) is 9.22. The summed E-state index contributed by atoms with van der Waals surface area (Å²) in [4.78, 5) is 2.50. The topological polar surface area (TPSA) is 3.24 Å². The number of nitrogens with zero attached hydrogens (tertiary/aromatic N) is 1. The normalized spacial score (nSPS) is 19.1. The third-order valence-electron chi connectivity index (χ3n) is 9.22. The number of rotatable bonds is 10. The van der Waals surface area contributed by atoms with Gasteiger partial charge in [-0.25, -0.2) is 0 Å². The Kier molecular flexibility index (Phi) is 8.72. The largest absolute Gasteiger partial charge is 0.371 e. The molecule has 2 aromatic rings. The van der Waals surface area contributed by atoms with E-state index in [-0.39, 0.29) is 5.41 Å². The lowest BCUT2D eigenvalue weighted by molar-refractivity contribution is 0.418. The van der Waals surface area contributed by atoms with Gasteiger partial charge in [0.15, 0.2) is 0 Å². The van der Waals surface area contributed by atoms with Crippen LogP contribution >= 0.6 is 0 Å². The van der Waals surface area contributed by atoms with Crippen molar-refractivity contribution in [3.8, 4) is 12.3 Å². The van der Waals surface area contributed by atoms with Crippen molar-refractivity contribution in [1.29, 1.82) is 0 Å². The van der Waals surface area contributed by atoms with Gasteiger partial charge in [0.2, 0.25) is 0 Å². The second-order valence-corrected chi connectivity index (χ2v) is 12.2. The summed E-state index contributed by atoms with van der Waals surface area (Å²) < 4.78 is 0. The van der Waals surface area contributed by atoms with Crippen molar-refractivity contribution in [3.63, 3.8) is 0 Å². The number of allylic oxidation sites excluding steroid dienone is 3. The second-order valence-electron chi connectivity index (χ2n) is 12.2. The molecule has 0 bridgehead atoms. The van der Waals surface area contributed by atoms with Gasteiger partial charge in [-0.3, -0.25) is 0 Å².